The number of aromatic nitrogens is 1. The molecule has 1 aliphatic rings. The highest BCUT2D eigenvalue weighted by Gasteiger charge is 2.40. The first-order chi connectivity index (χ1) is 17.0. The second-order valence-electron chi connectivity index (χ2n) is 9.35. The Labute approximate surface area is 211 Å². The average molecular weight is 503 g/mol. The molecule has 198 valence electrons. The number of allylic oxidation sites excluding steroid dienone is 2. The van der Waals surface area contributed by atoms with Crippen LogP contribution in [0, 0.1) is 17.3 Å². The van der Waals surface area contributed by atoms with Crippen LogP contribution >= 0.6 is 0 Å². The standard InChI is InChI=1S/C25H38N6O5/c1-5-16(4)19(31-23(35)25(15(2)3)11-7-6-8-12-25)21-30-18(14-36-21)20(32)29-17(22(33)34)10-9-13-28-24(26)27/h7-8,11-12,14-17,19H,5-6,9-10,13H2,1-4H3,(H,29,32)(H,31,35)(H,33,34)(H4,26,27,28)/t16-,17-,19-/m0/s1. The zero-order valence-electron chi connectivity index (χ0n) is 21.4. The summed E-state index contributed by atoms with van der Waals surface area (Å²) in [5.41, 5.74) is 9.68. The lowest BCUT2D eigenvalue weighted by molar-refractivity contribution is -0.139. The summed E-state index contributed by atoms with van der Waals surface area (Å²) in [5, 5.41) is 15.0. The van der Waals surface area contributed by atoms with Gasteiger partial charge in [0.15, 0.2) is 11.7 Å². The van der Waals surface area contributed by atoms with Crippen LogP contribution in [0.5, 0.6) is 0 Å². The first kappa shape index (κ1) is 28.6. The van der Waals surface area contributed by atoms with Crippen LogP contribution in [0.1, 0.15) is 75.8 Å². The number of amides is 2. The van der Waals surface area contributed by atoms with E-state index in [-0.39, 0.29) is 48.3 Å². The molecule has 0 radical (unpaired) electrons. The number of aliphatic carboxylic acids is 1. The van der Waals surface area contributed by atoms with E-state index in [9.17, 15) is 19.5 Å². The molecule has 0 spiro atoms. The van der Waals surface area contributed by atoms with Gasteiger partial charge in [0.2, 0.25) is 11.8 Å². The van der Waals surface area contributed by atoms with Crippen molar-refractivity contribution in [2.75, 3.05) is 6.54 Å². The largest absolute Gasteiger partial charge is 0.480 e. The van der Waals surface area contributed by atoms with Gasteiger partial charge in [-0.05, 0) is 31.1 Å². The van der Waals surface area contributed by atoms with Gasteiger partial charge in [0, 0.05) is 6.54 Å². The zero-order chi connectivity index (χ0) is 26.9. The van der Waals surface area contributed by atoms with Gasteiger partial charge < -0.3 is 31.6 Å². The van der Waals surface area contributed by atoms with Gasteiger partial charge in [-0.2, -0.15) is 0 Å². The van der Waals surface area contributed by atoms with E-state index in [4.69, 9.17) is 15.9 Å². The van der Waals surface area contributed by atoms with Crippen molar-refractivity contribution in [2.24, 2.45) is 33.7 Å². The van der Waals surface area contributed by atoms with Gasteiger partial charge in [-0.1, -0.05) is 58.4 Å². The second kappa shape index (κ2) is 12.9. The number of carboxylic acids is 1. The minimum absolute atomic E-state index is 0.0220. The van der Waals surface area contributed by atoms with E-state index in [0.717, 1.165) is 12.8 Å². The molecule has 2 amide bonds. The second-order valence-corrected chi connectivity index (χ2v) is 9.35. The lowest BCUT2D eigenvalue weighted by Crippen LogP contribution is -2.45. The highest BCUT2D eigenvalue weighted by atomic mass is 16.4. The third kappa shape index (κ3) is 7.19. The molecule has 7 N–H and O–H groups in total. The van der Waals surface area contributed by atoms with Crippen LogP contribution in [0.15, 0.2) is 40.0 Å². The van der Waals surface area contributed by atoms with Crippen LogP contribution in [0.2, 0.25) is 0 Å². The Hall–Kier alpha value is -3.63. The van der Waals surface area contributed by atoms with Gasteiger partial charge in [-0.3, -0.25) is 14.6 Å². The van der Waals surface area contributed by atoms with Gasteiger partial charge >= 0.3 is 5.97 Å². The zero-order valence-corrected chi connectivity index (χ0v) is 21.4. The molecule has 0 aliphatic heterocycles. The molecular weight excluding hydrogens is 464 g/mol. The lowest BCUT2D eigenvalue weighted by Gasteiger charge is -2.34. The van der Waals surface area contributed by atoms with Crippen molar-refractivity contribution >= 4 is 23.7 Å². The van der Waals surface area contributed by atoms with Gasteiger partial charge in [0.1, 0.15) is 18.3 Å². The predicted molar refractivity (Wildman–Crippen MR) is 136 cm³/mol. The third-order valence-corrected chi connectivity index (χ3v) is 6.48. The van der Waals surface area contributed by atoms with Crippen LogP contribution in [-0.4, -0.2) is 46.4 Å². The summed E-state index contributed by atoms with van der Waals surface area (Å²) in [6.45, 7) is 8.16. The van der Waals surface area contributed by atoms with Crippen LogP contribution in [0.3, 0.4) is 0 Å². The first-order valence-corrected chi connectivity index (χ1v) is 12.2. The molecule has 0 unspecified atom stereocenters. The molecule has 0 aromatic carbocycles. The summed E-state index contributed by atoms with van der Waals surface area (Å²) in [5.74, 6) is -1.96. The fraction of sp³-hybridized carbons (Fsp3) is 0.560. The fourth-order valence-electron chi connectivity index (χ4n) is 3.94. The SMILES string of the molecule is CC[C@H](C)[C@H](NC(=O)C1(C(C)C)C=CCC=C1)c1nc(C(=O)N[C@@H](CCCN=C(N)N)C(=O)O)co1. The van der Waals surface area contributed by atoms with Crippen LogP contribution in [0.4, 0.5) is 0 Å². The Morgan fingerprint density at radius 2 is 1.86 bits per heavy atom. The van der Waals surface area contributed by atoms with Crippen molar-refractivity contribution in [3.63, 3.8) is 0 Å². The number of nitrogens with zero attached hydrogens (tertiary/aromatic N) is 2. The number of rotatable bonds is 13. The molecule has 11 heteroatoms. The molecule has 3 atom stereocenters. The Morgan fingerprint density at radius 1 is 1.19 bits per heavy atom. The van der Waals surface area contributed by atoms with Gasteiger partial charge in [0.05, 0.1) is 5.41 Å². The van der Waals surface area contributed by atoms with Crippen molar-refractivity contribution < 1.29 is 23.9 Å². The Bertz CT molecular complexity index is 996. The minimum atomic E-state index is -1.19. The Morgan fingerprint density at radius 3 is 2.42 bits per heavy atom. The van der Waals surface area contributed by atoms with Crippen LogP contribution in [0.25, 0.3) is 0 Å². The number of aliphatic imine (C=N–C) groups is 1. The number of carbonyl (C=O) groups is 3. The van der Waals surface area contributed by atoms with Gasteiger partial charge in [-0.25, -0.2) is 9.78 Å². The topological polar surface area (TPSA) is 186 Å². The summed E-state index contributed by atoms with van der Waals surface area (Å²) in [6.07, 6.45) is 11.0. The van der Waals surface area contributed by atoms with Crippen molar-refractivity contribution in [1.82, 2.24) is 15.6 Å². The van der Waals surface area contributed by atoms with E-state index in [1.54, 1.807) is 0 Å². The summed E-state index contributed by atoms with van der Waals surface area (Å²) in [7, 11) is 0. The molecule has 0 fully saturated rings. The molecule has 1 aliphatic carbocycles. The molecule has 1 aromatic heterocycles. The number of nitrogens with one attached hydrogen (secondary N) is 2. The summed E-state index contributed by atoms with van der Waals surface area (Å²) < 4.78 is 5.60. The molecule has 0 saturated heterocycles. The summed E-state index contributed by atoms with van der Waals surface area (Å²) >= 11 is 0. The first-order valence-electron chi connectivity index (χ1n) is 12.2. The number of carbonyl (C=O) groups excluding carboxylic acids is 2. The van der Waals surface area contributed by atoms with Crippen LogP contribution < -0.4 is 22.1 Å². The monoisotopic (exact) mass is 502 g/mol. The molecule has 36 heavy (non-hydrogen) atoms. The van der Waals surface area contributed by atoms with E-state index in [1.165, 1.54) is 6.26 Å². The summed E-state index contributed by atoms with van der Waals surface area (Å²) in [4.78, 5) is 45.9. The Balaban J connectivity index is 2.17. The normalized spacial score (nSPS) is 16.7. The van der Waals surface area contributed by atoms with E-state index >= 15 is 0 Å². The quantitative estimate of drug-likeness (QED) is 0.118. The molecule has 11 nitrogen and oxygen atoms in total. The predicted octanol–water partition coefficient (Wildman–Crippen LogP) is 2.27. The molecule has 1 heterocycles. The number of hydrogen-bond donors (Lipinski definition) is 5. The molecule has 1 aromatic rings. The molecule has 0 bridgehead atoms. The highest BCUT2D eigenvalue weighted by Crippen LogP contribution is 2.36. The van der Waals surface area contributed by atoms with E-state index in [1.807, 2.05) is 52.0 Å². The van der Waals surface area contributed by atoms with Crippen molar-refractivity contribution in [2.45, 2.75) is 65.5 Å². The number of hydrogen-bond acceptors (Lipinski definition) is 6. The number of oxazole rings is 1. The highest BCUT2D eigenvalue weighted by molar-refractivity contribution is 5.94. The van der Waals surface area contributed by atoms with E-state index in [2.05, 4.69) is 20.6 Å². The molecule has 0 saturated carbocycles. The van der Waals surface area contributed by atoms with Gasteiger partial charge in [-0.15, -0.1) is 0 Å². The minimum Gasteiger partial charge on any atom is -0.480 e. The lowest BCUT2D eigenvalue weighted by atomic mass is 9.73. The summed E-state index contributed by atoms with van der Waals surface area (Å²) in [6, 6.07) is -1.72. The maximum absolute atomic E-state index is 13.4. The van der Waals surface area contributed by atoms with E-state index in [0.29, 0.717) is 6.42 Å². The number of guanidine groups is 1. The number of nitrogens with two attached hydrogens (primary N) is 2. The van der Waals surface area contributed by atoms with Crippen LogP contribution in [-0.2, 0) is 9.59 Å². The number of carboxylic acid groups (broad SMARTS) is 1. The van der Waals surface area contributed by atoms with Crippen molar-refractivity contribution in [1.29, 1.82) is 0 Å². The molecule has 2 rings (SSSR count). The third-order valence-electron chi connectivity index (χ3n) is 6.48. The van der Waals surface area contributed by atoms with Gasteiger partial charge in [0.25, 0.3) is 5.91 Å². The van der Waals surface area contributed by atoms with Crippen molar-refractivity contribution in [3.8, 4) is 0 Å². The molecular formula is C25H38N6O5. The van der Waals surface area contributed by atoms with E-state index < -0.39 is 29.4 Å². The average Bonchev–Trinajstić information content (AvgIpc) is 3.33. The fourth-order valence-corrected chi connectivity index (χ4v) is 3.94. The maximum atomic E-state index is 13.4. The Kier molecular flexibility index (Phi) is 10.2. The maximum Gasteiger partial charge on any atom is 0.326 e. The van der Waals surface area contributed by atoms with Crippen molar-refractivity contribution in [3.05, 3.63) is 42.2 Å². The smallest absolute Gasteiger partial charge is 0.326 e.